The van der Waals surface area contributed by atoms with E-state index in [2.05, 4.69) is 44.1 Å². The van der Waals surface area contributed by atoms with E-state index in [1.807, 2.05) is 6.92 Å². The third kappa shape index (κ3) is 1.98. The highest BCUT2D eigenvalue weighted by molar-refractivity contribution is 9.25. The number of carbonyl (C=O) groups is 1. The van der Waals surface area contributed by atoms with Crippen molar-refractivity contribution in [3.05, 3.63) is 0 Å². The van der Waals surface area contributed by atoms with Gasteiger partial charge in [-0.15, -0.1) is 0 Å². The minimum atomic E-state index is -0.279. The summed E-state index contributed by atoms with van der Waals surface area (Å²) in [5, 5.41) is 3.27. The molecule has 0 saturated heterocycles. The summed E-state index contributed by atoms with van der Waals surface area (Å²) < 4.78 is -0.175. The fourth-order valence-electron chi connectivity index (χ4n) is 4.03. The highest BCUT2D eigenvalue weighted by atomic mass is 79.9. The second-order valence-corrected chi connectivity index (χ2v) is 10.6. The summed E-state index contributed by atoms with van der Waals surface area (Å²) in [7, 11) is 0. The number of halogens is 2. The summed E-state index contributed by atoms with van der Waals surface area (Å²) in [5.74, 6) is 2.74. The molecule has 0 aromatic rings. The minimum Gasteiger partial charge on any atom is -0.353 e. The van der Waals surface area contributed by atoms with Crippen molar-refractivity contribution in [1.29, 1.82) is 0 Å². The molecule has 4 heteroatoms. The molecule has 0 unspecified atom stereocenters. The fourth-order valence-corrected chi connectivity index (χ4v) is 5.51. The molecule has 18 heavy (non-hydrogen) atoms. The Hall–Kier alpha value is 0.430. The van der Waals surface area contributed by atoms with E-state index in [-0.39, 0.29) is 14.6 Å². The van der Waals surface area contributed by atoms with Gasteiger partial charge in [0.2, 0.25) is 5.91 Å². The molecule has 1 N–H and O–H groups in total. The standard InChI is InChI=1S/C14H21Br2NO/c1-8(11-6-9-3-4-10(11)5-9)17-12(18)13(2)7-14(13,15)16/h8-11H,3-7H2,1-2H3,(H,17,18)/t8-,9-,10-,11+,13-/m0/s1. The zero-order valence-corrected chi connectivity index (χ0v) is 14.2. The normalized spacial score (nSPS) is 45.9. The quantitative estimate of drug-likeness (QED) is 0.743. The highest BCUT2D eigenvalue weighted by Crippen LogP contribution is 2.66. The summed E-state index contributed by atoms with van der Waals surface area (Å²) in [5.41, 5.74) is -0.279. The van der Waals surface area contributed by atoms with E-state index in [1.165, 1.54) is 25.7 Å². The SMILES string of the molecule is C[C@H](NC(=O)[C@]1(C)CC1(Br)Br)[C@H]1C[C@H]2CC[C@H]1C2. The predicted molar refractivity (Wildman–Crippen MR) is 79.9 cm³/mol. The van der Waals surface area contributed by atoms with Crippen molar-refractivity contribution < 1.29 is 4.79 Å². The summed E-state index contributed by atoms with van der Waals surface area (Å²) in [6, 6.07) is 0.334. The average molecular weight is 379 g/mol. The summed E-state index contributed by atoms with van der Waals surface area (Å²) in [4.78, 5) is 12.3. The molecule has 3 fully saturated rings. The zero-order valence-electron chi connectivity index (χ0n) is 11.0. The van der Waals surface area contributed by atoms with Gasteiger partial charge in [0.15, 0.2) is 0 Å². The van der Waals surface area contributed by atoms with Gasteiger partial charge in [-0.05, 0) is 57.3 Å². The molecule has 0 spiro atoms. The summed E-state index contributed by atoms with van der Waals surface area (Å²) in [6.45, 7) is 4.22. The zero-order chi connectivity index (χ0) is 13.1. The number of alkyl halides is 2. The van der Waals surface area contributed by atoms with Gasteiger partial charge in [-0.3, -0.25) is 4.79 Å². The summed E-state index contributed by atoms with van der Waals surface area (Å²) in [6.07, 6.45) is 6.41. The largest absolute Gasteiger partial charge is 0.353 e. The van der Waals surface area contributed by atoms with E-state index >= 15 is 0 Å². The van der Waals surface area contributed by atoms with Crippen molar-refractivity contribution in [2.24, 2.45) is 23.2 Å². The number of hydrogen-bond acceptors (Lipinski definition) is 1. The first kappa shape index (κ1) is 13.4. The van der Waals surface area contributed by atoms with Crippen LogP contribution in [0.2, 0.25) is 0 Å². The van der Waals surface area contributed by atoms with E-state index in [1.54, 1.807) is 0 Å². The lowest BCUT2D eigenvalue weighted by molar-refractivity contribution is -0.126. The lowest BCUT2D eigenvalue weighted by Gasteiger charge is -2.29. The van der Waals surface area contributed by atoms with Crippen LogP contribution in [0.25, 0.3) is 0 Å². The van der Waals surface area contributed by atoms with Gasteiger partial charge in [-0.25, -0.2) is 0 Å². The second kappa shape index (κ2) is 4.21. The van der Waals surface area contributed by atoms with Crippen molar-refractivity contribution in [1.82, 2.24) is 5.32 Å². The van der Waals surface area contributed by atoms with Gasteiger partial charge < -0.3 is 5.32 Å². The predicted octanol–water partition coefficient (Wildman–Crippen LogP) is 3.82. The Morgan fingerprint density at radius 2 is 2.00 bits per heavy atom. The van der Waals surface area contributed by atoms with Crippen LogP contribution < -0.4 is 5.32 Å². The van der Waals surface area contributed by atoms with E-state index in [0.717, 1.165) is 24.2 Å². The van der Waals surface area contributed by atoms with Crippen LogP contribution in [0.15, 0.2) is 0 Å². The van der Waals surface area contributed by atoms with Gasteiger partial charge in [0, 0.05) is 6.04 Å². The maximum atomic E-state index is 12.3. The molecular weight excluding hydrogens is 358 g/mol. The van der Waals surface area contributed by atoms with E-state index in [0.29, 0.717) is 6.04 Å². The molecular formula is C14H21Br2NO. The Morgan fingerprint density at radius 3 is 2.44 bits per heavy atom. The molecule has 0 aromatic carbocycles. The smallest absolute Gasteiger partial charge is 0.228 e. The van der Waals surface area contributed by atoms with Crippen LogP contribution in [0.1, 0.15) is 46.0 Å². The first-order chi connectivity index (χ1) is 8.33. The van der Waals surface area contributed by atoms with Gasteiger partial charge in [-0.2, -0.15) is 0 Å². The average Bonchev–Trinajstić information content (AvgIpc) is 2.74. The number of rotatable bonds is 3. The van der Waals surface area contributed by atoms with Crippen LogP contribution in [-0.2, 0) is 4.79 Å². The molecule has 3 aliphatic carbocycles. The van der Waals surface area contributed by atoms with E-state index < -0.39 is 0 Å². The van der Waals surface area contributed by atoms with Gasteiger partial charge in [0.05, 0.1) is 8.65 Å². The van der Waals surface area contributed by atoms with Crippen LogP contribution in [0, 0.1) is 23.2 Å². The van der Waals surface area contributed by atoms with Crippen molar-refractivity contribution in [3.63, 3.8) is 0 Å². The molecule has 0 aliphatic heterocycles. The molecule has 2 nitrogen and oxygen atoms in total. The third-order valence-corrected chi connectivity index (χ3v) is 7.86. The molecule has 0 radical (unpaired) electrons. The first-order valence-electron chi connectivity index (χ1n) is 7.02. The molecule has 5 atom stereocenters. The summed E-state index contributed by atoms with van der Waals surface area (Å²) >= 11 is 7.14. The van der Waals surface area contributed by atoms with Crippen molar-refractivity contribution in [3.8, 4) is 0 Å². The second-order valence-electron chi connectivity index (χ2n) is 6.81. The van der Waals surface area contributed by atoms with Gasteiger partial charge in [0.25, 0.3) is 0 Å². The van der Waals surface area contributed by atoms with Gasteiger partial charge >= 0.3 is 0 Å². The van der Waals surface area contributed by atoms with E-state index in [9.17, 15) is 4.79 Å². The van der Waals surface area contributed by atoms with E-state index in [4.69, 9.17) is 0 Å². The lowest BCUT2D eigenvalue weighted by Crippen LogP contribution is -2.44. The number of nitrogens with one attached hydrogen (secondary N) is 1. The Bertz CT molecular complexity index is 384. The van der Waals surface area contributed by atoms with Crippen LogP contribution in [-0.4, -0.2) is 15.2 Å². The Morgan fingerprint density at radius 1 is 1.33 bits per heavy atom. The molecule has 3 saturated carbocycles. The highest BCUT2D eigenvalue weighted by Gasteiger charge is 2.66. The fraction of sp³-hybridized carbons (Fsp3) is 0.929. The molecule has 1 amide bonds. The van der Waals surface area contributed by atoms with Crippen LogP contribution in [0.3, 0.4) is 0 Å². The monoisotopic (exact) mass is 377 g/mol. The minimum absolute atomic E-state index is 0.175. The van der Waals surface area contributed by atoms with Crippen molar-refractivity contribution in [2.45, 2.75) is 55.2 Å². The maximum absolute atomic E-state index is 12.3. The Kier molecular flexibility index (Phi) is 3.14. The van der Waals surface area contributed by atoms with Crippen molar-refractivity contribution >= 4 is 37.8 Å². The van der Waals surface area contributed by atoms with Crippen LogP contribution in [0.4, 0.5) is 0 Å². The molecule has 3 aliphatic rings. The first-order valence-corrected chi connectivity index (χ1v) is 8.61. The number of amides is 1. The van der Waals surface area contributed by atoms with Crippen LogP contribution in [0.5, 0.6) is 0 Å². The van der Waals surface area contributed by atoms with Crippen LogP contribution >= 0.6 is 31.9 Å². The molecule has 2 bridgehead atoms. The lowest BCUT2D eigenvalue weighted by atomic mass is 9.84. The number of hydrogen-bond donors (Lipinski definition) is 1. The number of carbonyl (C=O) groups excluding carboxylic acids is 1. The van der Waals surface area contributed by atoms with Gasteiger partial charge in [0.1, 0.15) is 0 Å². The third-order valence-electron chi connectivity index (χ3n) is 5.55. The topological polar surface area (TPSA) is 29.1 Å². The molecule has 0 aromatic heterocycles. The Balaban J connectivity index is 1.59. The molecule has 102 valence electrons. The molecule has 0 heterocycles. The maximum Gasteiger partial charge on any atom is 0.228 e. The Labute approximate surface area is 126 Å². The van der Waals surface area contributed by atoms with Gasteiger partial charge in [-0.1, -0.05) is 38.3 Å². The van der Waals surface area contributed by atoms with Crippen molar-refractivity contribution in [2.75, 3.05) is 0 Å². The number of fused-ring (bicyclic) bond motifs is 2. The molecule has 3 rings (SSSR count).